The van der Waals surface area contributed by atoms with E-state index in [-0.39, 0.29) is 5.91 Å². The highest BCUT2D eigenvalue weighted by atomic mass is 16.5. The number of ether oxygens (including phenoxy) is 1. The van der Waals surface area contributed by atoms with Crippen LogP contribution in [0.2, 0.25) is 0 Å². The van der Waals surface area contributed by atoms with Crippen molar-refractivity contribution in [3.8, 4) is 16.9 Å². The summed E-state index contributed by atoms with van der Waals surface area (Å²) in [7, 11) is 0. The Hall–Kier alpha value is -2.40. The molecule has 23 heavy (non-hydrogen) atoms. The van der Waals surface area contributed by atoms with Gasteiger partial charge in [-0.3, -0.25) is 9.78 Å². The number of aromatic nitrogens is 1. The maximum atomic E-state index is 11.0. The fourth-order valence-electron chi connectivity index (χ4n) is 2.43. The molecular formula is C18H21N3O2. The van der Waals surface area contributed by atoms with E-state index in [2.05, 4.69) is 21.7 Å². The number of nitrogens with one attached hydrogen (secondary N) is 2. The van der Waals surface area contributed by atoms with Crippen molar-refractivity contribution in [3.63, 3.8) is 0 Å². The first-order chi connectivity index (χ1) is 11.2. The van der Waals surface area contributed by atoms with Crippen LogP contribution in [0.4, 0.5) is 0 Å². The summed E-state index contributed by atoms with van der Waals surface area (Å²) in [6.45, 7) is 3.80. The largest absolute Gasteiger partial charge is 0.490 e. The van der Waals surface area contributed by atoms with Gasteiger partial charge in [-0.15, -0.1) is 0 Å². The van der Waals surface area contributed by atoms with Crippen molar-refractivity contribution in [2.75, 3.05) is 13.2 Å². The van der Waals surface area contributed by atoms with Gasteiger partial charge in [-0.05, 0) is 36.2 Å². The highest BCUT2D eigenvalue weighted by Gasteiger charge is 2.16. The molecule has 1 amide bonds. The second kappa shape index (κ2) is 7.24. The first-order valence-corrected chi connectivity index (χ1v) is 7.86. The Morgan fingerprint density at radius 2 is 2.22 bits per heavy atom. The SMILES string of the molecule is CC(=O)NCc1cccc(-c2cncc(OC[C@@H]3CCN3)c2)c1. The van der Waals surface area contributed by atoms with Crippen molar-refractivity contribution >= 4 is 5.91 Å². The smallest absolute Gasteiger partial charge is 0.217 e. The molecule has 120 valence electrons. The van der Waals surface area contributed by atoms with Gasteiger partial charge in [0.2, 0.25) is 5.91 Å². The highest BCUT2D eigenvalue weighted by Crippen LogP contribution is 2.24. The van der Waals surface area contributed by atoms with Gasteiger partial charge in [-0.25, -0.2) is 0 Å². The van der Waals surface area contributed by atoms with Crippen LogP contribution < -0.4 is 15.4 Å². The van der Waals surface area contributed by atoms with E-state index >= 15 is 0 Å². The molecule has 2 N–H and O–H groups in total. The summed E-state index contributed by atoms with van der Waals surface area (Å²) in [5.41, 5.74) is 3.13. The molecule has 1 aromatic carbocycles. The Labute approximate surface area is 136 Å². The number of rotatable bonds is 6. The van der Waals surface area contributed by atoms with Crippen molar-refractivity contribution in [2.24, 2.45) is 0 Å². The Morgan fingerprint density at radius 1 is 1.35 bits per heavy atom. The van der Waals surface area contributed by atoms with Gasteiger partial charge in [0.25, 0.3) is 0 Å². The quantitative estimate of drug-likeness (QED) is 0.858. The zero-order valence-electron chi connectivity index (χ0n) is 13.2. The molecule has 0 bridgehead atoms. The van der Waals surface area contributed by atoms with E-state index in [1.165, 1.54) is 6.92 Å². The van der Waals surface area contributed by atoms with Gasteiger partial charge >= 0.3 is 0 Å². The molecule has 2 heterocycles. The van der Waals surface area contributed by atoms with Crippen molar-refractivity contribution in [1.82, 2.24) is 15.6 Å². The zero-order valence-corrected chi connectivity index (χ0v) is 13.2. The fraction of sp³-hybridized carbons (Fsp3) is 0.333. The van der Waals surface area contributed by atoms with E-state index in [1.807, 2.05) is 30.5 Å². The second-order valence-corrected chi connectivity index (χ2v) is 5.77. The molecular weight excluding hydrogens is 290 g/mol. The van der Waals surface area contributed by atoms with Gasteiger partial charge in [-0.1, -0.05) is 18.2 Å². The fourth-order valence-corrected chi connectivity index (χ4v) is 2.43. The van der Waals surface area contributed by atoms with E-state index in [9.17, 15) is 4.79 Å². The lowest BCUT2D eigenvalue weighted by atomic mass is 10.0. The summed E-state index contributed by atoms with van der Waals surface area (Å²) in [4.78, 5) is 15.3. The maximum Gasteiger partial charge on any atom is 0.217 e. The molecule has 1 saturated heterocycles. The third-order valence-corrected chi connectivity index (χ3v) is 3.89. The van der Waals surface area contributed by atoms with Gasteiger partial charge in [0.05, 0.1) is 6.20 Å². The van der Waals surface area contributed by atoms with Gasteiger partial charge in [0.1, 0.15) is 12.4 Å². The zero-order chi connectivity index (χ0) is 16.1. The van der Waals surface area contributed by atoms with Crippen LogP contribution in [-0.4, -0.2) is 30.1 Å². The van der Waals surface area contributed by atoms with Gasteiger partial charge in [0, 0.05) is 31.3 Å². The summed E-state index contributed by atoms with van der Waals surface area (Å²) in [5, 5.41) is 6.12. The molecule has 0 aliphatic carbocycles. The molecule has 1 aromatic heterocycles. The minimum absolute atomic E-state index is 0.0305. The molecule has 1 atom stereocenters. The van der Waals surface area contributed by atoms with Gasteiger partial charge < -0.3 is 15.4 Å². The van der Waals surface area contributed by atoms with E-state index in [4.69, 9.17) is 4.74 Å². The molecule has 1 aliphatic heterocycles. The maximum absolute atomic E-state index is 11.0. The summed E-state index contributed by atoms with van der Waals surface area (Å²) < 4.78 is 5.80. The standard InChI is InChI=1S/C18H21N3O2/c1-13(22)21-9-14-3-2-4-15(7-14)16-8-18(11-19-10-16)23-12-17-5-6-20-17/h2-4,7-8,10-11,17,20H,5-6,9,12H2,1H3,(H,21,22)/t17-/m0/s1. The lowest BCUT2D eigenvalue weighted by Gasteiger charge is -2.27. The molecule has 1 aliphatic rings. The Morgan fingerprint density at radius 3 is 2.96 bits per heavy atom. The van der Waals surface area contributed by atoms with Gasteiger partial charge in [0.15, 0.2) is 0 Å². The molecule has 2 aromatic rings. The van der Waals surface area contributed by atoms with E-state index in [0.717, 1.165) is 35.4 Å². The predicted molar refractivity (Wildman–Crippen MR) is 89.1 cm³/mol. The molecule has 0 radical (unpaired) electrons. The highest BCUT2D eigenvalue weighted by molar-refractivity contribution is 5.73. The summed E-state index contributed by atoms with van der Waals surface area (Å²) in [6.07, 6.45) is 4.73. The topological polar surface area (TPSA) is 63.2 Å². The molecule has 1 fully saturated rings. The number of carbonyl (C=O) groups excluding carboxylic acids is 1. The van der Waals surface area contributed by atoms with Crippen LogP contribution >= 0.6 is 0 Å². The number of amides is 1. The Kier molecular flexibility index (Phi) is 4.88. The summed E-state index contributed by atoms with van der Waals surface area (Å²) >= 11 is 0. The van der Waals surface area contributed by atoms with Crippen LogP contribution in [0.25, 0.3) is 11.1 Å². The van der Waals surface area contributed by atoms with Crippen LogP contribution in [0.3, 0.4) is 0 Å². The number of hydrogen-bond donors (Lipinski definition) is 2. The number of nitrogens with zero attached hydrogens (tertiary/aromatic N) is 1. The molecule has 5 heteroatoms. The van der Waals surface area contributed by atoms with E-state index in [0.29, 0.717) is 19.2 Å². The Balaban J connectivity index is 1.70. The van der Waals surface area contributed by atoms with E-state index < -0.39 is 0 Å². The number of carbonyl (C=O) groups is 1. The first-order valence-electron chi connectivity index (χ1n) is 7.86. The minimum atomic E-state index is -0.0305. The van der Waals surface area contributed by atoms with Crippen LogP contribution in [0.1, 0.15) is 18.9 Å². The second-order valence-electron chi connectivity index (χ2n) is 5.77. The van der Waals surface area contributed by atoms with Crippen molar-refractivity contribution in [1.29, 1.82) is 0 Å². The number of benzene rings is 1. The molecule has 5 nitrogen and oxygen atoms in total. The Bertz CT molecular complexity index is 683. The minimum Gasteiger partial charge on any atom is -0.490 e. The average Bonchev–Trinajstić information content (AvgIpc) is 2.52. The third-order valence-electron chi connectivity index (χ3n) is 3.89. The van der Waals surface area contributed by atoms with Crippen LogP contribution in [0, 0.1) is 0 Å². The van der Waals surface area contributed by atoms with Crippen LogP contribution in [0.5, 0.6) is 5.75 Å². The number of hydrogen-bond acceptors (Lipinski definition) is 4. The van der Waals surface area contributed by atoms with Gasteiger partial charge in [-0.2, -0.15) is 0 Å². The van der Waals surface area contributed by atoms with Crippen LogP contribution in [-0.2, 0) is 11.3 Å². The molecule has 3 rings (SSSR count). The molecule has 0 unspecified atom stereocenters. The lowest BCUT2D eigenvalue weighted by molar-refractivity contribution is -0.119. The average molecular weight is 311 g/mol. The monoisotopic (exact) mass is 311 g/mol. The predicted octanol–water partition coefficient (Wildman–Crippen LogP) is 2.13. The molecule has 0 spiro atoms. The first kappa shape index (κ1) is 15.5. The van der Waals surface area contributed by atoms with Crippen molar-refractivity contribution in [2.45, 2.75) is 25.9 Å². The summed E-state index contributed by atoms with van der Waals surface area (Å²) in [5.74, 6) is 0.750. The van der Waals surface area contributed by atoms with Crippen LogP contribution in [0.15, 0.2) is 42.7 Å². The van der Waals surface area contributed by atoms with Crippen molar-refractivity contribution < 1.29 is 9.53 Å². The number of pyridine rings is 1. The van der Waals surface area contributed by atoms with Crippen molar-refractivity contribution in [3.05, 3.63) is 48.3 Å². The lowest BCUT2D eigenvalue weighted by Crippen LogP contribution is -2.46. The third kappa shape index (κ3) is 4.29. The normalized spacial score (nSPS) is 16.5. The molecule has 0 saturated carbocycles. The van der Waals surface area contributed by atoms with E-state index in [1.54, 1.807) is 6.20 Å². The summed E-state index contributed by atoms with van der Waals surface area (Å²) in [6, 6.07) is 10.5.